The Kier molecular flexibility index (Phi) is 6.49. The van der Waals surface area contributed by atoms with Crippen molar-refractivity contribution < 1.29 is 54.4 Å². The number of methoxy groups -OCH3 is 1. The maximum Gasteiger partial charge on any atom is 0.229 e. The summed E-state index contributed by atoms with van der Waals surface area (Å²) in [7, 11) is 1.26. The second kappa shape index (κ2) is 9.24. The van der Waals surface area contributed by atoms with Crippen LogP contribution in [0.3, 0.4) is 0 Å². The lowest BCUT2D eigenvalue weighted by atomic mass is 9.99. The molecule has 1 aromatic heterocycles. The maximum atomic E-state index is 13.0. The van der Waals surface area contributed by atoms with E-state index in [1.54, 1.807) is 0 Å². The summed E-state index contributed by atoms with van der Waals surface area (Å²) in [4.78, 5) is 13.0. The van der Waals surface area contributed by atoms with Gasteiger partial charge in [-0.05, 0) is 25.1 Å². The van der Waals surface area contributed by atoms with E-state index in [-0.39, 0.29) is 45.1 Å². The van der Waals surface area contributed by atoms with E-state index in [0.29, 0.717) is 0 Å². The van der Waals surface area contributed by atoms with Crippen molar-refractivity contribution in [2.45, 2.75) is 37.6 Å². The van der Waals surface area contributed by atoms with Gasteiger partial charge in [0.2, 0.25) is 12.0 Å². The molecule has 2 heterocycles. The molecule has 1 saturated heterocycles. The molecule has 0 saturated carbocycles. The van der Waals surface area contributed by atoms with Crippen molar-refractivity contribution in [3.05, 3.63) is 40.1 Å². The average Bonchev–Trinajstić information content (AvgIpc) is 2.84. The Morgan fingerprint density at radius 3 is 2.34 bits per heavy atom. The summed E-state index contributed by atoms with van der Waals surface area (Å²) in [6.45, 7) is 0.774. The molecule has 12 heteroatoms. The van der Waals surface area contributed by atoms with E-state index in [2.05, 4.69) is 0 Å². The Morgan fingerprint density at radius 2 is 1.69 bits per heavy atom. The number of fused-ring (bicyclic) bond motifs is 1. The lowest BCUT2D eigenvalue weighted by Crippen LogP contribution is -2.60. The number of aromatic hydroxyl groups is 3. The van der Waals surface area contributed by atoms with Crippen LogP contribution in [-0.4, -0.2) is 80.2 Å². The van der Waals surface area contributed by atoms with Gasteiger partial charge in [-0.2, -0.15) is 0 Å². The van der Waals surface area contributed by atoms with E-state index < -0.39 is 54.2 Å². The monoisotopic (exact) mass is 492 g/mol. The van der Waals surface area contributed by atoms with Gasteiger partial charge in [0.25, 0.3) is 0 Å². The molecule has 5 unspecified atom stereocenters. The third kappa shape index (κ3) is 4.11. The van der Waals surface area contributed by atoms with Gasteiger partial charge in [-0.1, -0.05) is 0 Å². The summed E-state index contributed by atoms with van der Waals surface area (Å²) in [6, 6.07) is 5.17. The third-order valence-electron chi connectivity index (χ3n) is 5.86. The SMILES string of the molecule is COc1cc2oc(-c3ccc(O)c(OC4OC(CO)C(O)C(O)C4O)c3)c(C)c(=O)c2c(O)c1O. The summed E-state index contributed by atoms with van der Waals surface area (Å²) in [5.74, 6) is -1.98. The Bertz CT molecular complexity index is 1310. The summed E-state index contributed by atoms with van der Waals surface area (Å²) in [5, 5.41) is 69.8. The molecule has 2 aromatic carbocycles. The van der Waals surface area contributed by atoms with Crippen molar-refractivity contribution in [2.24, 2.45) is 0 Å². The Morgan fingerprint density at radius 1 is 0.971 bits per heavy atom. The van der Waals surface area contributed by atoms with Gasteiger partial charge in [-0.3, -0.25) is 4.79 Å². The van der Waals surface area contributed by atoms with Crippen LogP contribution in [0.1, 0.15) is 5.56 Å². The lowest BCUT2D eigenvalue weighted by Gasteiger charge is -2.39. The van der Waals surface area contributed by atoms with E-state index >= 15 is 0 Å². The number of benzene rings is 2. The predicted octanol–water partition coefficient (Wildman–Crippen LogP) is 0.0725. The molecule has 1 aliphatic heterocycles. The number of phenols is 3. The number of aliphatic hydroxyl groups is 4. The Labute approximate surface area is 197 Å². The van der Waals surface area contributed by atoms with Gasteiger partial charge in [0.1, 0.15) is 41.1 Å². The highest BCUT2D eigenvalue weighted by atomic mass is 16.7. The fraction of sp³-hybridized carbons (Fsp3) is 0.348. The van der Waals surface area contributed by atoms with Gasteiger partial charge in [0.05, 0.1) is 13.7 Å². The third-order valence-corrected chi connectivity index (χ3v) is 5.86. The van der Waals surface area contributed by atoms with Crippen molar-refractivity contribution in [1.29, 1.82) is 0 Å². The largest absolute Gasteiger partial charge is 0.504 e. The van der Waals surface area contributed by atoms with Crippen molar-refractivity contribution in [3.63, 3.8) is 0 Å². The van der Waals surface area contributed by atoms with Crippen LogP contribution in [0.4, 0.5) is 0 Å². The minimum atomic E-state index is -1.71. The van der Waals surface area contributed by atoms with Gasteiger partial charge >= 0.3 is 0 Å². The number of hydrogen-bond acceptors (Lipinski definition) is 12. The quantitative estimate of drug-likeness (QED) is 0.237. The topological polar surface area (TPSA) is 200 Å². The molecule has 0 amide bonds. The maximum absolute atomic E-state index is 13.0. The second-order valence-corrected chi connectivity index (χ2v) is 8.03. The zero-order valence-corrected chi connectivity index (χ0v) is 18.6. The van der Waals surface area contributed by atoms with Crippen LogP contribution in [0, 0.1) is 6.92 Å². The van der Waals surface area contributed by atoms with Crippen molar-refractivity contribution in [3.8, 4) is 40.1 Å². The highest BCUT2D eigenvalue weighted by Gasteiger charge is 2.45. The fourth-order valence-electron chi connectivity index (χ4n) is 3.86. The van der Waals surface area contributed by atoms with Crippen LogP contribution >= 0.6 is 0 Å². The van der Waals surface area contributed by atoms with Gasteiger partial charge in [0.15, 0.2) is 28.4 Å². The fourth-order valence-corrected chi connectivity index (χ4v) is 3.86. The molecule has 12 nitrogen and oxygen atoms in total. The first-order chi connectivity index (χ1) is 16.6. The van der Waals surface area contributed by atoms with Gasteiger partial charge in [-0.25, -0.2) is 0 Å². The minimum Gasteiger partial charge on any atom is -0.504 e. The molecule has 0 spiro atoms. The molecule has 0 radical (unpaired) electrons. The first kappa shape index (κ1) is 24.6. The number of phenolic OH excluding ortho intramolecular Hbond substituents is 3. The van der Waals surface area contributed by atoms with E-state index in [0.717, 1.165) is 0 Å². The molecule has 5 atom stereocenters. The standard InChI is InChI=1S/C23H24O12/c1-8-16(26)15-12(6-13(32-2)17(27)19(15)29)33-22(8)9-3-4-10(25)11(5-9)34-23-21(31)20(30)18(28)14(7-24)35-23/h3-6,14,18,20-21,23-25,27-31H,7H2,1-2H3. The molecule has 1 aliphatic rings. The Balaban J connectivity index is 1.77. The first-order valence-corrected chi connectivity index (χ1v) is 10.5. The van der Waals surface area contributed by atoms with Crippen LogP contribution in [-0.2, 0) is 4.74 Å². The molecule has 0 aliphatic carbocycles. The van der Waals surface area contributed by atoms with E-state index in [1.807, 2.05) is 0 Å². The normalized spacial score (nSPS) is 24.5. The second-order valence-electron chi connectivity index (χ2n) is 8.03. The van der Waals surface area contributed by atoms with E-state index in [4.69, 9.17) is 18.6 Å². The predicted molar refractivity (Wildman–Crippen MR) is 119 cm³/mol. The van der Waals surface area contributed by atoms with Crippen LogP contribution in [0.5, 0.6) is 28.7 Å². The smallest absolute Gasteiger partial charge is 0.229 e. The minimum absolute atomic E-state index is 0.0493. The van der Waals surface area contributed by atoms with Crippen molar-refractivity contribution >= 4 is 11.0 Å². The molecule has 7 N–H and O–H groups in total. The van der Waals surface area contributed by atoms with E-state index in [1.165, 1.54) is 38.3 Å². The summed E-state index contributed by atoms with van der Waals surface area (Å²) >= 11 is 0. The van der Waals surface area contributed by atoms with Crippen LogP contribution in [0.25, 0.3) is 22.3 Å². The van der Waals surface area contributed by atoms with Crippen LogP contribution in [0.15, 0.2) is 33.5 Å². The molecule has 0 bridgehead atoms. The molecular formula is C23H24O12. The zero-order valence-electron chi connectivity index (χ0n) is 18.6. The number of aliphatic hydroxyl groups excluding tert-OH is 4. The van der Waals surface area contributed by atoms with Gasteiger partial charge in [0, 0.05) is 17.2 Å². The van der Waals surface area contributed by atoms with Gasteiger partial charge in [-0.15, -0.1) is 0 Å². The molecule has 1 fully saturated rings. The number of hydrogen-bond donors (Lipinski definition) is 7. The highest BCUT2D eigenvalue weighted by Crippen LogP contribution is 2.42. The first-order valence-electron chi connectivity index (χ1n) is 10.5. The highest BCUT2D eigenvalue weighted by molar-refractivity contribution is 5.90. The molecule has 4 rings (SSSR count). The van der Waals surface area contributed by atoms with Gasteiger partial charge < -0.3 is 54.4 Å². The molecule has 3 aromatic rings. The van der Waals surface area contributed by atoms with Crippen molar-refractivity contribution in [2.75, 3.05) is 13.7 Å². The van der Waals surface area contributed by atoms with E-state index in [9.17, 15) is 40.5 Å². The zero-order chi connectivity index (χ0) is 25.6. The number of rotatable bonds is 5. The summed E-state index contributed by atoms with van der Waals surface area (Å²) in [6.07, 6.45) is -7.75. The lowest BCUT2D eigenvalue weighted by molar-refractivity contribution is -0.277. The summed E-state index contributed by atoms with van der Waals surface area (Å²) in [5.41, 5.74) is -0.374. The number of ether oxygens (including phenoxy) is 3. The average molecular weight is 492 g/mol. The van der Waals surface area contributed by atoms with Crippen molar-refractivity contribution in [1.82, 2.24) is 0 Å². The molecule has 188 valence electrons. The molecule has 35 heavy (non-hydrogen) atoms. The van der Waals surface area contributed by atoms with Crippen LogP contribution < -0.4 is 14.9 Å². The summed E-state index contributed by atoms with van der Waals surface area (Å²) < 4.78 is 21.7. The van der Waals surface area contributed by atoms with Crippen LogP contribution in [0.2, 0.25) is 0 Å². The molecular weight excluding hydrogens is 468 g/mol. The Hall–Kier alpha value is -3.55.